The Hall–Kier alpha value is -7.49. The molecule has 262 valence electrons. The van der Waals surface area contributed by atoms with E-state index in [1.165, 1.54) is 49.2 Å². The molecule has 11 rings (SSSR count). The number of fused-ring (bicyclic) bond motifs is 8. The maximum atomic E-state index is 6.61. The van der Waals surface area contributed by atoms with Crippen molar-refractivity contribution in [3.8, 4) is 33.7 Å². The van der Waals surface area contributed by atoms with Crippen molar-refractivity contribution in [3.63, 3.8) is 0 Å². The maximum absolute atomic E-state index is 6.61. The lowest BCUT2D eigenvalue weighted by Crippen LogP contribution is -2.11. The van der Waals surface area contributed by atoms with Gasteiger partial charge in [0.2, 0.25) is 5.89 Å². The lowest BCUT2D eigenvalue weighted by Gasteiger charge is -2.28. The molecule has 0 aliphatic rings. The maximum Gasteiger partial charge on any atom is 0.227 e. The standard InChI is InChI=1S/C53H34N2O/c1-4-12-35(13-5-1)40-23-24-42-33-44(28-26-41(42)32-40)55(49-19-11-10-18-46(49)36-14-6-2-7-15-36)45-29-30-47-43(34-45)25-22-37-20-21-38-27-31-48-52(51(38)50(37)47)56-53(54-48)39-16-8-3-9-17-39/h1-34H. The molecule has 10 aromatic carbocycles. The first-order chi connectivity index (χ1) is 27.7. The number of rotatable bonds is 6. The van der Waals surface area contributed by atoms with E-state index in [4.69, 9.17) is 9.40 Å². The second-order valence-corrected chi connectivity index (χ2v) is 14.4. The molecule has 0 N–H and O–H groups in total. The summed E-state index contributed by atoms with van der Waals surface area (Å²) < 4.78 is 6.61. The molecule has 0 radical (unpaired) electrons. The summed E-state index contributed by atoms with van der Waals surface area (Å²) in [6.45, 7) is 0. The van der Waals surface area contributed by atoms with E-state index in [1.54, 1.807) is 0 Å². The van der Waals surface area contributed by atoms with Crippen molar-refractivity contribution in [2.24, 2.45) is 0 Å². The Morgan fingerprint density at radius 3 is 1.70 bits per heavy atom. The van der Waals surface area contributed by atoms with Crippen molar-refractivity contribution in [2.75, 3.05) is 4.90 Å². The average molecular weight is 715 g/mol. The molecule has 0 aliphatic heterocycles. The van der Waals surface area contributed by atoms with Crippen LogP contribution in [0.25, 0.3) is 87.9 Å². The molecule has 0 spiro atoms. The molecule has 0 amide bonds. The van der Waals surface area contributed by atoms with Gasteiger partial charge in [-0.15, -0.1) is 0 Å². The zero-order chi connectivity index (χ0) is 37.0. The van der Waals surface area contributed by atoms with Crippen LogP contribution < -0.4 is 4.90 Å². The van der Waals surface area contributed by atoms with Crippen LogP contribution in [0.5, 0.6) is 0 Å². The van der Waals surface area contributed by atoms with Gasteiger partial charge in [-0.3, -0.25) is 0 Å². The van der Waals surface area contributed by atoms with Crippen LogP contribution in [0.2, 0.25) is 0 Å². The molecule has 1 aromatic heterocycles. The molecule has 1 heterocycles. The third-order valence-corrected chi connectivity index (χ3v) is 11.0. The highest BCUT2D eigenvalue weighted by molar-refractivity contribution is 6.26. The van der Waals surface area contributed by atoms with Crippen LogP contribution in [0.3, 0.4) is 0 Å². The van der Waals surface area contributed by atoms with Gasteiger partial charge in [-0.2, -0.15) is 0 Å². The Bertz CT molecular complexity index is 3240. The SMILES string of the molecule is c1ccc(-c2ccc3cc(N(c4ccc5c(ccc6ccc7ccc8nc(-c9ccccc9)oc8c7c65)c4)c4ccccc4-c4ccccc4)ccc3c2)cc1. The van der Waals surface area contributed by atoms with E-state index in [0.717, 1.165) is 49.9 Å². The highest BCUT2D eigenvalue weighted by Crippen LogP contribution is 2.44. The second kappa shape index (κ2) is 13.1. The van der Waals surface area contributed by atoms with Crippen LogP contribution in [-0.4, -0.2) is 4.98 Å². The number of benzene rings is 10. The molecule has 0 fully saturated rings. The van der Waals surface area contributed by atoms with E-state index in [2.05, 4.69) is 181 Å². The minimum Gasteiger partial charge on any atom is -0.435 e. The quantitative estimate of drug-likeness (QED) is 0.161. The third kappa shape index (κ3) is 5.40. The van der Waals surface area contributed by atoms with Crippen molar-refractivity contribution < 1.29 is 4.42 Å². The molecule has 0 saturated carbocycles. The molecule has 0 aliphatic carbocycles. The molecule has 56 heavy (non-hydrogen) atoms. The fraction of sp³-hybridized carbons (Fsp3) is 0. The molecule has 11 aromatic rings. The number of nitrogens with zero attached hydrogens (tertiary/aromatic N) is 2. The first kappa shape index (κ1) is 32.0. The number of anilines is 3. The summed E-state index contributed by atoms with van der Waals surface area (Å²) in [6, 6.07) is 73.6. The van der Waals surface area contributed by atoms with Gasteiger partial charge in [0.05, 0.1) is 5.69 Å². The number of para-hydroxylation sites is 1. The Kier molecular flexibility index (Phi) is 7.49. The fourth-order valence-electron chi connectivity index (χ4n) is 8.32. The Morgan fingerprint density at radius 2 is 0.929 bits per heavy atom. The van der Waals surface area contributed by atoms with E-state index >= 15 is 0 Å². The summed E-state index contributed by atoms with van der Waals surface area (Å²) in [5, 5.41) is 9.27. The van der Waals surface area contributed by atoms with Gasteiger partial charge in [0.15, 0.2) is 5.58 Å². The van der Waals surface area contributed by atoms with Gasteiger partial charge in [-0.1, -0.05) is 152 Å². The van der Waals surface area contributed by atoms with Crippen molar-refractivity contribution in [1.82, 2.24) is 4.98 Å². The van der Waals surface area contributed by atoms with Crippen molar-refractivity contribution in [1.29, 1.82) is 0 Å². The van der Waals surface area contributed by atoms with Crippen LogP contribution in [0, 0.1) is 0 Å². The summed E-state index contributed by atoms with van der Waals surface area (Å²) in [5.74, 6) is 0.632. The number of aromatic nitrogens is 1. The lowest BCUT2D eigenvalue weighted by atomic mass is 9.95. The van der Waals surface area contributed by atoms with E-state index in [9.17, 15) is 0 Å². The Morgan fingerprint density at radius 1 is 0.375 bits per heavy atom. The minimum atomic E-state index is 0.632. The first-order valence-electron chi connectivity index (χ1n) is 19.0. The number of hydrogen-bond donors (Lipinski definition) is 0. The molecule has 3 heteroatoms. The molecular weight excluding hydrogens is 681 g/mol. The summed E-state index contributed by atoms with van der Waals surface area (Å²) in [4.78, 5) is 7.33. The van der Waals surface area contributed by atoms with Crippen LogP contribution in [0.1, 0.15) is 0 Å². The fourth-order valence-corrected chi connectivity index (χ4v) is 8.32. The normalized spacial score (nSPS) is 11.6. The number of hydrogen-bond acceptors (Lipinski definition) is 3. The first-order valence-corrected chi connectivity index (χ1v) is 19.0. The minimum absolute atomic E-state index is 0.632. The van der Waals surface area contributed by atoms with Gasteiger partial charge in [0, 0.05) is 33.3 Å². The zero-order valence-corrected chi connectivity index (χ0v) is 30.4. The molecule has 0 unspecified atom stereocenters. The Balaban J connectivity index is 1.11. The van der Waals surface area contributed by atoms with Gasteiger partial charge in [0.25, 0.3) is 0 Å². The summed E-state index contributed by atoms with van der Waals surface area (Å²) in [5.41, 5.74) is 10.7. The van der Waals surface area contributed by atoms with Crippen molar-refractivity contribution in [2.45, 2.75) is 0 Å². The molecule has 0 atom stereocenters. The van der Waals surface area contributed by atoms with Crippen molar-refractivity contribution >= 4 is 71.3 Å². The van der Waals surface area contributed by atoms with E-state index in [1.807, 2.05) is 30.3 Å². The molecule has 0 bridgehead atoms. The summed E-state index contributed by atoms with van der Waals surface area (Å²) >= 11 is 0. The molecule has 0 saturated heterocycles. The lowest BCUT2D eigenvalue weighted by molar-refractivity contribution is 0.623. The largest absolute Gasteiger partial charge is 0.435 e. The van der Waals surface area contributed by atoms with Gasteiger partial charge < -0.3 is 9.32 Å². The van der Waals surface area contributed by atoms with E-state index in [0.29, 0.717) is 5.89 Å². The van der Waals surface area contributed by atoms with E-state index in [-0.39, 0.29) is 0 Å². The highest BCUT2D eigenvalue weighted by atomic mass is 16.3. The predicted octanol–water partition coefficient (Wildman–Crippen LogP) is 14.9. The van der Waals surface area contributed by atoms with E-state index < -0.39 is 0 Å². The van der Waals surface area contributed by atoms with Crippen molar-refractivity contribution in [3.05, 3.63) is 206 Å². The second-order valence-electron chi connectivity index (χ2n) is 14.4. The van der Waals surface area contributed by atoms with Crippen LogP contribution in [0.4, 0.5) is 17.1 Å². The smallest absolute Gasteiger partial charge is 0.227 e. The topological polar surface area (TPSA) is 29.3 Å². The zero-order valence-electron chi connectivity index (χ0n) is 30.4. The van der Waals surface area contributed by atoms with Gasteiger partial charge in [-0.25, -0.2) is 4.98 Å². The summed E-state index contributed by atoms with van der Waals surface area (Å²) in [7, 11) is 0. The van der Waals surface area contributed by atoms with Crippen LogP contribution >= 0.6 is 0 Å². The van der Waals surface area contributed by atoms with Gasteiger partial charge in [-0.05, 0) is 104 Å². The summed E-state index contributed by atoms with van der Waals surface area (Å²) in [6.07, 6.45) is 0. The Labute approximate surface area is 324 Å². The van der Waals surface area contributed by atoms with Crippen LogP contribution in [-0.2, 0) is 0 Å². The van der Waals surface area contributed by atoms with Crippen LogP contribution in [0.15, 0.2) is 211 Å². The average Bonchev–Trinajstić information content (AvgIpc) is 3.72. The third-order valence-electron chi connectivity index (χ3n) is 11.0. The monoisotopic (exact) mass is 714 g/mol. The number of oxazole rings is 1. The molecule has 3 nitrogen and oxygen atoms in total. The van der Waals surface area contributed by atoms with Gasteiger partial charge in [0.1, 0.15) is 5.52 Å². The highest BCUT2D eigenvalue weighted by Gasteiger charge is 2.20. The predicted molar refractivity (Wildman–Crippen MR) is 235 cm³/mol. The van der Waals surface area contributed by atoms with Gasteiger partial charge >= 0.3 is 0 Å². The molecular formula is C53H34N2O.